The highest BCUT2D eigenvalue weighted by molar-refractivity contribution is 6.30. The van der Waals surface area contributed by atoms with Crippen LogP contribution in [0.4, 0.5) is 0 Å². The molecule has 9 aromatic carbocycles. The third kappa shape index (κ3) is 3.63. The van der Waals surface area contributed by atoms with Crippen LogP contribution >= 0.6 is 0 Å². The maximum atomic E-state index is 2.51. The molecule has 52 heavy (non-hydrogen) atoms. The van der Waals surface area contributed by atoms with Crippen LogP contribution in [0.3, 0.4) is 0 Å². The van der Waals surface area contributed by atoms with Crippen LogP contribution in [0.25, 0.3) is 110 Å². The van der Waals surface area contributed by atoms with Crippen molar-refractivity contribution in [1.82, 2.24) is 9.13 Å². The van der Waals surface area contributed by atoms with Gasteiger partial charge < -0.3 is 9.13 Å². The van der Waals surface area contributed by atoms with E-state index < -0.39 is 0 Å². The first kappa shape index (κ1) is 27.9. The van der Waals surface area contributed by atoms with Crippen LogP contribution in [0.1, 0.15) is 0 Å². The van der Waals surface area contributed by atoms with Crippen molar-refractivity contribution in [3.63, 3.8) is 0 Å². The number of para-hydroxylation sites is 2. The molecule has 0 atom stereocenters. The summed E-state index contributed by atoms with van der Waals surface area (Å²) < 4.78 is 4.93. The Bertz CT molecular complexity index is 3240. The van der Waals surface area contributed by atoms with Gasteiger partial charge in [-0.05, 0) is 97.4 Å². The van der Waals surface area contributed by atoms with Gasteiger partial charge in [0.1, 0.15) is 0 Å². The van der Waals surface area contributed by atoms with Gasteiger partial charge in [0, 0.05) is 32.9 Å². The molecule has 0 saturated heterocycles. The predicted octanol–water partition coefficient (Wildman–Crippen LogP) is 13.5. The van der Waals surface area contributed by atoms with Gasteiger partial charge >= 0.3 is 0 Å². The lowest BCUT2D eigenvalue weighted by molar-refractivity contribution is 1.17. The van der Waals surface area contributed by atoms with Gasteiger partial charge in [-0.3, -0.25) is 0 Å². The smallest absolute Gasteiger partial charge is 0.0641 e. The van der Waals surface area contributed by atoms with Gasteiger partial charge in [0.2, 0.25) is 0 Å². The lowest BCUT2D eigenvalue weighted by Crippen LogP contribution is -1.95. The summed E-state index contributed by atoms with van der Waals surface area (Å²) in [7, 11) is 0. The summed E-state index contributed by atoms with van der Waals surface area (Å²) in [6.45, 7) is 0. The number of nitrogens with zero attached hydrogens (tertiary/aromatic N) is 2. The fraction of sp³-hybridized carbons (Fsp3) is 0. The summed E-state index contributed by atoms with van der Waals surface area (Å²) in [5.41, 5.74) is 15.0. The fourth-order valence-electron chi connectivity index (χ4n) is 9.30. The Morgan fingerprint density at radius 2 is 0.885 bits per heavy atom. The molecular weight excluding hydrogens is 629 g/mol. The van der Waals surface area contributed by atoms with Crippen LogP contribution in [-0.2, 0) is 0 Å². The third-order valence-electron chi connectivity index (χ3n) is 11.5. The van der Waals surface area contributed by atoms with Crippen molar-refractivity contribution in [3.8, 4) is 44.8 Å². The standard InChI is InChI=1S/C50H30N2/c1-2-12-33(13-3-1)51-44-20-9-8-17-42(44)49-46(51)30-28-43-48-36-14-5-4-11-31(36)23-29-45(48)52(50(43)49)34-24-21-32(22-25-34)35-26-27-41-38-16-7-6-15-37(38)40-19-10-18-39(35)47(40)41/h1-30H. The summed E-state index contributed by atoms with van der Waals surface area (Å²) in [4.78, 5) is 0. The molecule has 12 rings (SSSR count). The zero-order valence-corrected chi connectivity index (χ0v) is 28.2. The molecule has 0 aliphatic heterocycles. The van der Waals surface area contributed by atoms with Gasteiger partial charge in [-0.1, -0.05) is 140 Å². The minimum absolute atomic E-state index is 1.15. The van der Waals surface area contributed by atoms with Gasteiger partial charge in [0.05, 0.1) is 22.1 Å². The number of aromatic nitrogens is 2. The van der Waals surface area contributed by atoms with Gasteiger partial charge in [-0.25, -0.2) is 0 Å². The highest BCUT2D eigenvalue weighted by Gasteiger charge is 2.24. The van der Waals surface area contributed by atoms with E-state index in [0.29, 0.717) is 0 Å². The van der Waals surface area contributed by atoms with E-state index >= 15 is 0 Å². The van der Waals surface area contributed by atoms with Gasteiger partial charge in [0.25, 0.3) is 0 Å². The number of fused-ring (bicyclic) bond motifs is 12. The van der Waals surface area contributed by atoms with Crippen molar-refractivity contribution in [2.45, 2.75) is 0 Å². The molecule has 0 spiro atoms. The van der Waals surface area contributed by atoms with Crippen molar-refractivity contribution in [2.75, 3.05) is 0 Å². The monoisotopic (exact) mass is 658 g/mol. The summed E-state index contributed by atoms with van der Waals surface area (Å²) in [5.74, 6) is 0. The molecule has 2 heteroatoms. The number of benzene rings is 9. The molecular formula is C50H30N2. The molecule has 240 valence electrons. The maximum absolute atomic E-state index is 2.51. The Kier molecular flexibility index (Phi) is 5.53. The second-order valence-electron chi connectivity index (χ2n) is 14.0. The van der Waals surface area contributed by atoms with Gasteiger partial charge in [0.15, 0.2) is 0 Å². The zero-order valence-electron chi connectivity index (χ0n) is 28.2. The summed E-state index contributed by atoms with van der Waals surface area (Å²) in [6.07, 6.45) is 0. The predicted molar refractivity (Wildman–Crippen MR) is 220 cm³/mol. The third-order valence-corrected chi connectivity index (χ3v) is 11.5. The Balaban J connectivity index is 1.14. The van der Waals surface area contributed by atoms with Crippen LogP contribution in [0, 0.1) is 0 Å². The largest absolute Gasteiger partial charge is 0.309 e. The Morgan fingerprint density at radius 1 is 0.269 bits per heavy atom. The van der Waals surface area contributed by atoms with Crippen molar-refractivity contribution < 1.29 is 0 Å². The molecule has 2 aromatic heterocycles. The molecule has 0 amide bonds. The lowest BCUT2D eigenvalue weighted by atomic mass is 9.94. The van der Waals surface area contributed by atoms with E-state index in [9.17, 15) is 0 Å². The van der Waals surface area contributed by atoms with Crippen molar-refractivity contribution >= 4 is 65.2 Å². The minimum atomic E-state index is 1.15. The Hall–Kier alpha value is -6.90. The fourth-order valence-corrected chi connectivity index (χ4v) is 9.30. The molecule has 0 N–H and O–H groups in total. The van der Waals surface area contributed by atoms with E-state index in [2.05, 4.69) is 191 Å². The lowest BCUT2D eigenvalue weighted by Gasteiger charge is -2.13. The second kappa shape index (κ2) is 10.3. The molecule has 0 saturated carbocycles. The average molecular weight is 659 g/mol. The molecule has 11 aromatic rings. The second-order valence-corrected chi connectivity index (χ2v) is 14.0. The molecule has 1 aliphatic rings. The number of hydrogen-bond acceptors (Lipinski definition) is 0. The van der Waals surface area contributed by atoms with Crippen molar-refractivity contribution in [1.29, 1.82) is 0 Å². The molecule has 2 nitrogen and oxygen atoms in total. The molecule has 0 unspecified atom stereocenters. The summed E-state index contributed by atoms with van der Waals surface area (Å²) in [6, 6.07) is 67.1. The topological polar surface area (TPSA) is 9.86 Å². The first-order valence-corrected chi connectivity index (χ1v) is 18.0. The van der Waals surface area contributed by atoms with Crippen molar-refractivity contribution in [3.05, 3.63) is 182 Å². The number of rotatable bonds is 3. The first-order valence-electron chi connectivity index (χ1n) is 18.0. The van der Waals surface area contributed by atoms with Crippen LogP contribution in [0.2, 0.25) is 0 Å². The molecule has 0 bridgehead atoms. The molecule has 2 heterocycles. The van der Waals surface area contributed by atoms with E-state index in [1.165, 1.54) is 104 Å². The molecule has 0 fully saturated rings. The zero-order chi connectivity index (χ0) is 33.9. The Labute approximate surface area is 300 Å². The average Bonchev–Trinajstić information content (AvgIpc) is 3.85. The summed E-state index contributed by atoms with van der Waals surface area (Å²) in [5, 5.41) is 10.3. The van der Waals surface area contributed by atoms with Crippen LogP contribution in [0.5, 0.6) is 0 Å². The Morgan fingerprint density at radius 3 is 1.73 bits per heavy atom. The highest BCUT2D eigenvalue weighted by Crippen LogP contribution is 2.49. The quantitative estimate of drug-likeness (QED) is 0.179. The van der Waals surface area contributed by atoms with E-state index in [1.807, 2.05) is 0 Å². The first-order chi connectivity index (χ1) is 25.8. The van der Waals surface area contributed by atoms with E-state index in [1.54, 1.807) is 0 Å². The van der Waals surface area contributed by atoms with E-state index in [4.69, 9.17) is 0 Å². The van der Waals surface area contributed by atoms with Crippen LogP contribution in [-0.4, -0.2) is 9.13 Å². The SMILES string of the molecule is c1ccc(-n2c3ccccc3c3c2ccc2c4c5ccccc5ccc4n(-c4ccc(-c5ccc6c7c(cccc57)-c5ccccc5-6)cc4)c23)cc1. The van der Waals surface area contributed by atoms with Crippen molar-refractivity contribution in [2.24, 2.45) is 0 Å². The van der Waals surface area contributed by atoms with Crippen LogP contribution < -0.4 is 0 Å². The van der Waals surface area contributed by atoms with E-state index in [0.717, 1.165) is 5.69 Å². The maximum Gasteiger partial charge on any atom is 0.0641 e. The minimum Gasteiger partial charge on any atom is -0.309 e. The van der Waals surface area contributed by atoms with E-state index in [-0.39, 0.29) is 0 Å². The molecule has 0 radical (unpaired) electrons. The van der Waals surface area contributed by atoms with Gasteiger partial charge in [-0.2, -0.15) is 0 Å². The molecule has 1 aliphatic carbocycles. The van der Waals surface area contributed by atoms with Gasteiger partial charge in [-0.15, -0.1) is 0 Å². The van der Waals surface area contributed by atoms with Crippen LogP contribution in [0.15, 0.2) is 182 Å². The number of hydrogen-bond donors (Lipinski definition) is 0. The highest BCUT2D eigenvalue weighted by atomic mass is 15.0. The summed E-state index contributed by atoms with van der Waals surface area (Å²) >= 11 is 0. The normalized spacial score (nSPS) is 12.2.